The number of nitrogens with one attached hydrogen (secondary N) is 3. The van der Waals surface area contributed by atoms with Gasteiger partial charge in [0.2, 0.25) is 0 Å². The van der Waals surface area contributed by atoms with Crippen LogP contribution in [0.2, 0.25) is 0 Å². The summed E-state index contributed by atoms with van der Waals surface area (Å²) in [5.41, 5.74) is 0.490. The van der Waals surface area contributed by atoms with E-state index in [2.05, 4.69) is 36.6 Å². The van der Waals surface area contributed by atoms with Crippen LogP contribution >= 0.6 is 15.9 Å². The first-order chi connectivity index (χ1) is 12.4. The van der Waals surface area contributed by atoms with Crippen molar-refractivity contribution in [2.24, 2.45) is 0 Å². The second-order valence-corrected chi connectivity index (χ2v) is 5.87. The van der Waals surface area contributed by atoms with Crippen LogP contribution in [0.3, 0.4) is 0 Å². The maximum Gasteiger partial charge on any atom is 0.325 e. The number of phenolic OH excluding ortho intramolecular Hbond substituents is 1. The van der Waals surface area contributed by atoms with E-state index in [1.807, 2.05) is 0 Å². The Labute approximate surface area is 157 Å². The molecule has 0 saturated heterocycles. The van der Waals surface area contributed by atoms with Gasteiger partial charge in [0.25, 0.3) is 5.91 Å². The molecule has 26 heavy (non-hydrogen) atoms. The number of halogens is 1. The molecule has 0 spiro atoms. The highest BCUT2D eigenvalue weighted by atomic mass is 79.9. The van der Waals surface area contributed by atoms with Crippen LogP contribution in [-0.4, -0.2) is 36.7 Å². The van der Waals surface area contributed by atoms with Crippen molar-refractivity contribution in [2.45, 2.75) is 0 Å². The normalized spacial score (nSPS) is 9.92. The minimum atomic E-state index is -0.678. The van der Waals surface area contributed by atoms with Crippen molar-refractivity contribution in [1.29, 1.82) is 0 Å². The maximum absolute atomic E-state index is 12.1. The van der Waals surface area contributed by atoms with Crippen LogP contribution in [0.15, 0.2) is 46.9 Å². The van der Waals surface area contributed by atoms with E-state index in [-0.39, 0.29) is 17.8 Å². The molecule has 0 heterocycles. The fourth-order valence-electron chi connectivity index (χ4n) is 1.99. The molecule has 0 fully saturated rings. The number of hydrogen-bond acceptors (Lipinski definition) is 5. The van der Waals surface area contributed by atoms with Gasteiger partial charge in [-0.15, -0.1) is 0 Å². The van der Waals surface area contributed by atoms with Crippen LogP contribution in [0.1, 0.15) is 10.4 Å². The number of carbonyl (C=O) groups is 3. The Bertz CT molecular complexity index is 841. The molecular weight excluding hydrogens is 406 g/mol. The molecule has 0 radical (unpaired) electrons. The van der Waals surface area contributed by atoms with Gasteiger partial charge < -0.3 is 25.8 Å². The lowest BCUT2D eigenvalue weighted by atomic mass is 10.1. The number of urea groups is 1. The number of methoxy groups -OCH3 is 1. The van der Waals surface area contributed by atoms with Crippen LogP contribution < -0.4 is 16.0 Å². The molecule has 2 rings (SSSR count). The van der Waals surface area contributed by atoms with Crippen LogP contribution in [0, 0.1) is 0 Å². The topological polar surface area (TPSA) is 117 Å². The number of ether oxygens (including phenoxy) is 1. The Morgan fingerprint density at radius 2 is 1.69 bits per heavy atom. The Kier molecular flexibility index (Phi) is 6.56. The number of benzene rings is 2. The molecule has 0 saturated carbocycles. The second-order valence-electron chi connectivity index (χ2n) is 5.02. The fourth-order valence-corrected chi connectivity index (χ4v) is 2.37. The van der Waals surface area contributed by atoms with Gasteiger partial charge >= 0.3 is 12.0 Å². The zero-order valence-electron chi connectivity index (χ0n) is 13.7. The molecule has 0 aliphatic heterocycles. The monoisotopic (exact) mass is 421 g/mol. The average Bonchev–Trinajstić information content (AvgIpc) is 2.63. The number of rotatable bonds is 5. The molecule has 4 N–H and O–H groups in total. The molecule has 8 nitrogen and oxygen atoms in total. The summed E-state index contributed by atoms with van der Waals surface area (Å²) in [5, 5.41) is 17.6. The molecule has 3 amide bonds. The Morgan fingerprint density at radius 1 is 1.04 bits per heavy atom. The van der Waals surface area contributed by atoms with Crippen molar-refractivity contribution in [3.8, 4) is 5.75 Å². The minimum absolute atomic E-state index is 0.0419. The van der Waals surface area contributed by atoms with Gasteiger partial charge in [-0.05, 0) is 40.2 Å². The van der Waals surface area contributed by atoms with Crippen molar-refractivity contribution >= 4 is 45.2 Å². The number of para-hydroxylation sites is 2. The zero-order chi connectivity index (χ0) is 19.1. The van der Waals surface area contributed by atoms with E-state index in [0.29, 0.717) is 10.2 Å². The van der Waals surface area contributed by atoms with Gasteiger partial charge in [0.05, 0.1) is 24.0 Å². The summed E-state index contributed by atoms with van der Waals surface area (Å²) >= 11 is 3.31. The molecular formula is C17H16BrN3O5. The van der Waals surface area contributed by atoms with Gasteiger partial charge in [-0.25, -0.2) is 4.79 Å². The van der Waals surface area contributed by atoms with E-state index < -0.39 is 23.7 Å². The minimum Gasteiger partial charge on any atom is -0.505 e. The summed E-state index contributed by atoms with van der Waals surface area (Å²) in [5.74, 6) is -1.72. The SMILES string of the molecule is COC(=O)CNC(=O)c1cccc(NC(=O)Nc2ccccc2Br)c1O. The lowest BCUT2D eigenvalue weighted by molar-refractivity contribution is -0.139. The molecule has 2 aromatic carbocycles. The van der Waals surface area contributed by atoms with Gasteiger partial charge in [-0.1, -0.05) is 18.2 Å². The number of esters is 1. The first-order valence-corrected chi connectivity index (χ1v) is 8.21. The maximum atomic E-state index is 12.1. The molecule has 136 valence electrons. The summed E-state index contributed by atoms with van der Waals surface area (Å²) < 4.78 is 5.11. The van der Waals surface area contributed by atoms with Gasteiger partial charge in [-0.3, -0.25) is 9.59 Å². The molecule has 0 aromatic heterocycles. The van der Waals surface area contributed by atoms with Crippen molar-refractivity contribution in [2.75, 3.05) is 24.3 Å². The van der Waals surface area contributed by atoms with Crippen molar-refractivity contribution in [1.82, 2.24) is 5.32 Å². The molecule has 0 aliphatic carbocycles. The highest BCUT2D eigenvalue weighted by molar-refractivity contribution is 9.10. The predicted octanol–water partition coefficient (Wildman–Crippen LogP) is 2.70. The molecule has 0 aliphatic rings. The lowest BCUT2D eigenvalue weighted by Crippen LogP contribution is -2.30. The van der Waals surface area contributed by atoms with E-state index in [4.69, 9.17) is 0 Å². The van der Waals surface area contributed by atoms with Crippen molar-refractivity contribution in [3.63, 3.8) is 0 Å². The lowest BCUT2D eigenvalue weighted by Gasteiger charge is -2.12. The average molecular weight is 422 g/mol. The molecule has 9 heteroatoms. The van der Waals surface area contributed by atoms with E-state index >= 15 is 0 Å². The van der Waals surface area contributed by atoms with Crippen LogP contribution in [0.4, 0.5) is 16.2 Å². The number of aromatic hydroxyl groups is 1. The number of phenols is 1. The Morgan fingerprint density at radius 3 is 2.38 bits per heavy atom. The number of amides is 3. The number of anilines is 2. The third kappa shape index (κ3) is 4.96. The largest absolute Gasteiger partial charge is 0.505 e. The Hall–Kier alpha value is -3.07. The highest BCUT2D eigenvalue weighted by Gasteiger charge is 2.16. The highest BCUT2D eigenvalue weighted by Crippen LogP contribution is 2.28. The first-order valence-electron chi connectivity index (χ1n) is 7.42. The smallest absolute Gasteiger partial charge is 0.325 e. The van der Waals surface area contributed by atoms with Gasteiger partial charge in [0.15, 0.2) is 5.75 Å². The number of hydrogen-bond donors (Lipinski definition) is 4. The van der Waals surface area contributed by atoms with Crippen LogP contribution in [0.5, 0.6) is 5.75 Å². The first kappa shape index (κ1) is 19.3. The third-order valence-electron chi connectivity index (χ3n) is 3.27. The van der Waals surface area contributed by atoms with Crippen molar-refractivity contribution in [3.05, 3.63) is 52.5 Å². The standard InChI is InChI=1S/C17H16BrN3O5/c1-26-14(22)9-19-16(24)10-5-4-8-13(15(10)23)21-17(25)20-12-7-3-2-6-11(12)18/h2-8,23H,9H2,1H3,(H,19,24)(H2,20,21,25). The van der Waals surface area contributed by atoms with Crippen molar-refractivity contribution < 1.29 is 24.2 Å². The summed E-state index contributed by atoms with van der Waals surface area (Å²) in [6.07, 6.45) is 0. The van der Waals surface area contributed by atoms with Gasteiger partial charge in [0, 0.05) is 4.47 Å². The summed E-state index contributed by atoms with van der Waals surface area (Å²) in [6, 6.07) is 10.7. The van der Waals surface area contributed by atoms with Crippen LogP contribution in [0.25, 0.3) is 0 Å². The van der Waals surface area contributed by atoms with Gasteiger partial charge in [-0.2, -0.15) is 0 Å². The third-order valence-corrected chi connectivity index (χ3v) is 3.96. The van der Waals surface area contributed by atoms with E-state index in [0.717, 1.165) is 0 Å². The van der Waals surface area contributed by atoms with Crippen LogP contribution in [-0.2, 0) is 9.53 Å². The Balaban J connectivity index is 2.08. The zero-order valence-corrected chi connectivity index (χ0v) is 15.3. The summed E-state index contributed by atoms with van der Waals surface area (Å²) in [6.45, 7) is -0.338. The second kappa shape index (κ2) is 8.86. The van der Waals surface area contributed by atoms with E-state index in [1.54, 1.807) is 24.3 Å². The van der Waals surface area contributed by atoms with Gasteiger partial charge in [0.1, 0.15) is 6.54 Å². The fraction of sp³-hybridized carbons (Fsp3) is 0.118. The van der Waals surface area contributed by atoms with E-state index in [1.165, 1.54) is 25.3 Å². The molecule has 0 atom stereocenters. The molecule has 2 aromatic rings. The molecule has 0 bridgehead atoms. The summed E-state index contributed by atoms with van der Waals surface area (Å²) in [7, 11) is 1.19. The van der Waals surface area contributed by atoms with E-state index in [9.17, 15) is 19.5 Å². The number of carbonyl (C=O) groups excluding carboxylic acids is 3. The predicted molar refractivity (Wildman–Crippen MR) is 99.2 cm³/mol. The quantitative estimate of drug-likeness (QED) is 0.437. The summed E-state index contributed by atoms with van der Waals surface area (Å²) in [4.78, 5) is 35.2. The molecule has 0 unspecified atom stereocenters.